The average molecular weight is 350 g/mol. The number of rotatable bonds is 3. The molecule has 2 rings (SSSR count). The Kier molecular flexibility index (Phi) is 5.09. The third kappa shape index (κ3) is 3.83. The largest absolute Gasteiger partial charge is 0.367 e. The molecule has 1 atom stereocenters. The molecule has 1 fully saturated rings. The number of anilines is 1. The van der Waals surface area contributed by atoms with E-state index < -0.39 is 0 Å². The van der Waals surface area contributed by atoms with Gasteiger partial charge >= 0.3 is 0 Å². The van der Waals surface area contributed by atoms with Crippen LogP contribution in [0.5, 0.6) is 0 Å². The Morgan fingerprint density at radius 3 is 2.89 bits per heavy atom. The molecular weight excluding hydrogens is 331 g/mol. The van der Waals surface area contributed by atoms with Gasteiger partial charge in [0.2, 0.25) is 0 Å². The van der Waals surface area contributed by atoms with Gasteiger partial charge in [0.05, 0.1) is 10.7 Å². The average Bonchev–Trinajstić information content (AvgIpc) is 2.26. The first-order valence-electron chi connectivity index (χ1n) is 6.60. The molecule has 0 radical (unpaired) electrons. The van der Waals surface area contributed by atoms with Gasteiger partial charge in [-0.2, -0.15) is 0 Å². The first-order valence-corrected chi connectivity index (χ1v) is 7.77. The van der Waals surface area contributed by atoms with E-state index in [0.29, 0.717) is 17.0 Å². The molecule has 106 valence electrons. The van der Waals surface area contributed by atoms with Crippen LogP contribution in [0, 0.1) is 11.7 Å². The molecule has 1 aliphatic rings. The zero-order valence-corrected chi connectivity index (χ0v) is 13.6. The molecule has 1 aliphatic heterocycles. The lowest BCUT2D eigenvalue weighted by Gasteiger charge is -2.37. The molecule has 19 heavy (non-hydrogen) atoms. The normalized spacial score (nSPS) is 20.1. The lowest BCUT2D eigenvalue weighted by atomic mass is 10.0. The molecule has 1 aromatic rings. The Morgan fingerprint density at radius 1 is 1.53 bits per heavy atom. The van der Waals surface area contributed by atoms with Gasteiger partial charge in [0.1, 0.15) is 5.82 Å². The van der Waals surface area contributed by atoms with Crippen molar-refractivity contribution in [2.45, 2.75) is 26.3 Å². The van der Waals surface area contributed by atoms with E-state index in [1.54, 1.807) is 0 Å². The molecular formula is C14H19BrClFN2. The maximum atomic E-state index is 13.3. The van der Waals surface area contributed by atoms with Gasteiger partial charge in [-0.15, -0.1) is 0 Å². The molecule has 0 aliphatic carbocycles. The summed E-state index contributed by atoms with van der Waals surface area (Å²) in [6, 6.07) is 3.31. The van der Waals surface area contributed by atoms with Crippen molar-refractivity contribution in [2.75, 3.05) is 24.5 Å². The van der Waals surface area contributed by atoms with Gasteiger partial charge < -0.3 is 10.2 Å². The number of nitrogens with one attached hydrogen (secondary N) is 1. The van der Waals surface area contributed by atoms with Gasteiger partial charge in [-0.3, -0.25) is 0 Å². The fourth-order valence-corrected chi connectivity index (χ4v) is 3.71. The number of halogens is 3. The Hall–Kier alpha value is -0.320. The number of hydrogen-bond donors (Lipinski definition) is 1. The predicted molar refractivity (Wildman–Crippen MR) is 82.6 cm³/mol. The Balaban J connectivity index is 2.17. The lowest BCUT2D eigenvalue weighted by Crippen LogP contribution is -2.51. The Bertz CT molecular complexity index is 430. The number of hydrogen-bond acceptors (Lipinski definition) is 2. The number of piperazine rings is 1. The second kappa shape index (κ2) is 6.42. The zero-order chi connectivity index (χ0) is 14.0. The van der Waals surface area contributed by atoms with Crippen molar-refractivity contribution >= 4 is 33.2 Å². The summed E-state index contributed by atoms with van der Waals surface area (Å²) in [7, 11) is 0. The predicted octanol–water partition coefficient (Wildman–Crippen LogP) is 4.07. The maximum Gasteiger partial charge on any atom is 0.125 e. The van der Waals surface area contributed by atoms with Gasteiger partial charge in [-0.05, 0) is 40.4 Å². The van der Waals surface area contributed by atoms with Crippen molar-refractivity contribution in [3.63, 3.8) is 0 Å². The molecule has 1 saturated heterocycles. The van der Waals surface area contributed by atoms with E-state index >= 15 is 0 Å². The molecule has 0 bridgehead atoms. The van der Waals surface area contributed by atoms with Gasteiger partial charge in [0.25, 0.3) is 0 Å². The molecule has 1 unspecified atom stereocenters. The van der Waals surface area contributed by atoms with E-state index in [0.717, 1.165) is 36.2 Å². The molecule has 0 saturated carbocycles. The van der Waals surface area contributed by atoms with Gasteiger partial charge in [-0.1, -0.05) is 25.4 Å². The second-order valence-electron chi connectivity index (χ2n) is 5.44. The Labute approximate surface area is 127 Å². The topological polar surface area (TPSA) is 15.3 Å². The SMILES string of the molecule is CC(C)CC1CN(c2c(Cl)cc(F)cc2Br)CCN1. The van der Waals surface area contributed by atoms with E-state index in [1.165, 1.54) is 12.1 Å². The van der Waals surface area contributed by atoms with Gasteiger partial charge in [0.15, 0.2) is 0 Å². The summed E-state index contributed by atoms with van der Waals surface area (Å²) < 4.78 is 14.0. The highest BCUT2D eigenvalue weighted by Gasteiger charge is 2.23. The summed E-state index contributed by atoms with van der Waals surface area (Å²) in [5.74, 6) is 0.346. The minimum Gasteiger partial charge on any atom is -0.367 e. The van der Waals surface area contributed by atoms with Crippen molar-refractivity contribution in [2.24, 2.45) is 5.92 Å². The maximum absolute atomic E-state index is 13.3. The molecule has 0 amide bonds. The molecule has 2 nitrogen and oxygen atoms in total. The first-order chi connectivity index (χ1) is 8.97. The third-order valence-electron chi connectivity index (χ3n) is 3.31. The van der Waals surface area contributed by atoms with Crippen LogP contribution >= 0.6 is 27.5 Å². The number of nitrogens with zero attached hydrogens (tertiary/aromatic N) is 1. The first kappa shape index (κ1) is 15.1. The van der Waals surface area contributed by atoms with E-state index in [1.807, 2.05) is 0 Å². The molecule has 1 aromatic carbocycles. The van der Waals surface area contributed by atoms with Gasteiger partial charge in [0, 0.05) is 30.1 Å². The van der Waals surface area contributed by atoms with Crippen molar-refractivity contribution in [3.05, 3.63) is 27.4 Å². The molecule has 5 heteroatoms. The smallest absolute Gasteiger partial charge is 0.125 e. The summed E-state index contributed by atoms with van der Waals surface area (Å²) >= 11 is 9.61. The zero-order valence-electron chi connectivity index (χ0n) is 11.2. The highest BCUT2D eigenvalue weighted by Crippen LogP contribution is 2.35. The lowest BCUT2D eigenvalue weighted by molar-refractivity contribution is 0.388. The summed E-state index contributed by atoms with van der Waals surface area (Å²) in [6.45, 7) is 7.17. The van der Waals surface area contributed by atoms with Crippen LogP contribution in [-0.4, -0.2) is 25.7 Å². The van der Waals surface area contributed by atoms with E-state index in [9.17, 15) is 4.39 Å². The van der Waals surface area contributed by atoms with Crippen LogP contribution in [0.4, 0.5) is 10.1 Å². The second-order valence-corrected chi connectivity index (χ2v) is 6.71. The van der Waals surface area contributed by atoms with Crippen molar-refractivity contribution < 1.29 is 4.39 Å². The molecule has 0 spiro atoms. The molecule has 1 N–H and O–H groups in total. The summed E-state index contributed by atoms with van der Waals surface area (Å²) in [4.78, 5) is 2.23. The van der Waals surface area contributed by atoms with Crippen molar-refractivity contribution in [3.8, 4) is 0 Å². The summed E-state index contributed by atoms with van der Waals surface area (Å²) in [5.41, 5.74) is 0.901. The standard InChI is InChI=1S/C14H19BrClFN2/c1-9(2)5-11-8-19(4-3-18-11)14-12(15)6-10(17)7-13(14)16/h6-7,9,11,18H,3-5,8H2,1-2H3. The Morgan fingerprint density at radius 2 is 2.26 bits per heavy atom. The van der Waals surface area contributed by atoms with Crippen LogP contribution in [0.15, 0.2) is 16.6 Å². The van der Waals surface area contributed by atoms with E-state index in [-0.39, 0.29) is 5.82 Å². The van der Waals surface area contributed by atoms with Gasteiger partial charge in [-0.25, -0.2) is 4.39 Å². The quantitative estimate of drug-likeness (QED) is 0.885. The highest BCUT2D eigenvalue weighted by atomic mass is 79.9. The van der Waals surface area contributed by atoms with Crippen LogP contribution in [0.3, 0.4) is 0 Å². The van der Waals surface area contributed by atoms with E-state index in [4.69, 9.17) is 11.6 Å². The van der Waals surface area contributed by atoms with Crippen molar-refractivity contribution in [1.82, 2.24) is 5.32 Å². The molecule has 1 heterocycles. The van der Waals surface area contributed by atoms with E-state index in [2.05, 4.69) is 40.0 Å². The van der Waals surface area contributed by atoms with Crippen LogP contribution in [0.1, 0.15) is 20.3 Å². The monoisotopic (exact) mass is 348 g/mol. The fourth-order valence-electron chi connectivity index (χ4n) is 2.59. The van der Waals surface area contributed by atoms with Crippen LogP contribution < -0.4 is 10.2 Å². The highest BCUT2D eigenvalue weighted by molar-refractivity contribution is 9.10. The minimum atomic E-state index is -0.311. The summed E-state index contributed by atoms with van der Waals surface area (Å²) in [5, 5.41) is 4.00. The minimum absolute atomic E-state index is 0.311. The number of benzene rings is 1. The van der Waals surface area contributed by atoms with Crippen LogP contribution in [0.2, 0.25) is 5.02 Å². The molecule has 0 aromatic heterocycles. The van der Waals surface area contributed by atoms with Crippen molar-refractivity contribution in [1.29, 1.82) is 0 Å². The van der Waals surface area contributed by atoms with Crippen LogP contribution in [0.25, 0.3) is 0 Å². The fraction of sp³-hybridized carbons (Fsp3) is 0.571. The summed E-state index contributed by atoms with van der Waals surface area (Å²) in [6.07, 6.45) is 1.13. The third-order valence-corrected chi connectivity index (χ3v) is 4.20. The van der Waals surface area contributed by atoms with Crippen LogP contribution in [-0.2, 0) is 0 Å².